The Bertz CT molecular complexity index is 1750. The molecule has 0 aliphatic rings. The van der Waals surface area contributed by atoms with Gasteiger partial charge in [-0.2, -0.15) is 8.42 Å². The second kappa shape index (κ2) is 10.7. The lowest BCUT2D eigenvalue weighted by atomic mass is 9.87. The Hall–Kier alpha value is -4.30. The van der Waals surface area contributed by atoms with Gasteiger partial charge in [0, 0.05) is 18.3 Å². The number of benzene rings is 3. The molecule has 0 aliphatic heterocycles. The highest BCUT2D eigenvalue weighted by Crippen LogP contribution is 2.37. The number of nitrogens with zero attached hydrogens (tertiary/aromatic N) is 2. The zero-order chi connectivity index (χ0) is 28.5. The van der Waals surface area contributed by atoms with Gasteiger partial charge in [0.25, 0.3) is 0 Å². The fourth-order valence-electron chi connectivity index (χ4n) is 4.47. The predicted molar refractivity (Wildman–Crippen MR) is 159 cm³/mol. The molecule has 0 amide bonds. The maximum absolute atomic E-state index is 13.1. The van der Waals surface area contributed by atoms with Gasteiger partial charge in [0.1, 0.15) is 22.1 Å². The number of imidazole rings is 1. The molecule has 0 saturated carbocycles. The smallest absolute Gasteiger partial charge is 0.339 e. The highest BCUT2D eigenvalue weighted by Gasteiger charge is 2.22. The Kier molecular flexibility index (Phi) is 7.29. The number of hydrogen-bond donors (Lipinski definition) is 1. The molecule has 0 spiro atoms. The van der Waals surface area contributed by atoms with Crippen LogP contribution in [0.4, 0.5) is 5.82 Å². The number of aryl methyl sites for hydroxylation is 1. The first-order valence-corrected chi connectivity index (χ1v) is 14.5. The van der Waals surface area contributed by atoms with E-state index in [-0.39, 0.29) is 21.8 Å². The summed E-state index contributed by atoms with van der Waals surface area (Å²) < 4.78 is 39.3. The van der Waals surface area contributed by atoms with Crippen LogP contribution in [0.3, 0.4) is 0 Å². The maximum Gasteiger partial charge on any atom is 0.339 e. The standard InChI is InChI=1S/C32H33N3O4S/c1-22-17-18-35-29(19-22)34-30(31(35)33-21-23-9-7-6-8-10-23)24-11-16-27(28(20-24)38-5)39-40(36,37)26-14-12-25(13-15-26)32(2,3)4/h6-20,33H,21H2,1-5H3. The number of pyridine rings is 1. The molecule has 0 atom stereocenters. The first-order chi connectivity index (χ1) is 19.0. The van der Waals surface area contributed by atoms with Crippen LogP contribution in [0.15, 0.2) is 96.0 Å². The van der Waals surface area contributed by atoms with Crippen LogP contribution in [0.2, 0.25) is 0 Å². The average Bonchev–Trinajstić information content (AvgIpc) is 3.29. The van der Waals surface area contributed by atoms with E-state index in [2.05, 4.69) is 38.2 Å². The second-order valence-electron chi connectivity index (χ2n) is 10.8. The molecule has 3 aromatic carbocycles. The minimum atomic E-state index is -4.07. The van der Waals surface area contributed by atoms with Crippen LogP contribution in [-0.2, 0) is 22.1 Å². The van der Waals surface area contributed by atoms with E-state index in [0.29, 0.717) is 12.2 Å². The van der Waals surface area contributed by atoms with Crippen molar-refractivity contribution < 1.29 is 17.3 Å². The number of hydrogen-bond acceptors (Lipinski definition) is 6. The van der Waals surface area contributed by atoms with Gasteiger partial charge in [-0.3, -0.25) is 4.40 Å². The van der Waals surface area contributed by atoms with Crippen molar-refractivity contribution in [3.63, 3.8) is 0 Å². The maximum atomic E-state index is 13.1. The van der Waals surface area contributed by atoms with E-state index in [4.69, 9.17) is 13.9 Å². The van der Waals surface area contributed by atoms with E-state index >= 15 is 0 Å². The molecule has 8 heteroatoms. The van der Waals surface area contributed by atoms with Gasteiger partial charge in [0.15, 0.2) is 11.5 Å². The van der Waals surface area contributed by atoms with Crippen LogP contribution in [0.25, 0.3) is 16.9 Å². The van der Waals surface area contributed by atoms with Gasteiger partial charge >= 0.3 is 10.1 Å². The minimum Gasteiger partial charge on any atom is -0.493 e. The van der Waals surface area contributed by atoms with Gasteiger partial charge in [0.05, 0.1) is 7.11 Å². The van der Waals surface area contributed by atoms with Crippen molar-refractivity contribution in [3.8, 4) is 22.8 Å². The Balaban J connectivity index is 1.48. The van der Waals surface area contributed by atoms with Crippen molar-refractivity contribution in [1.29, 1.82) is 0 Å². The molecule has 206 valence electrons. The topological polar surface area (TPSA) is 81.9 Å². The lowest BCUT2D eigenvalue weighted by Gasteiger charge is -2.19. The fourth-order valence-corrected chi connectivity index (χ4v) is 5.41. The summed E-state index contributed by atoms with van der Waals surface area (Å²) in [5.41, 5.74) is 5.45. The lowest BCUT2D eigenvalue weighted by Crippen LogP contribution is -2.13. The van der Waals surface area contributed by atoms with Gasteiger partial charge in [-0.05, 0) is 71.5 Å². The number of ether oxygens (including phenoxy) is 1. The van der Waals surface area contributed by atoms with Crippen molar-refractivity contribution in [2.75, 3.05) is 12.4 Å². The molecule has 2 heterocycles. The quantitative estimate of drug-likeness (QED) is 0.208. The highest BCUT2D eigenvalue weighted by molar-refractivity contribution is 7.87. The number of fused-ring (bicyclic) bond motifs is 1. The number of methoxy groups -OCH3 is 1. The molecule has 0 unspecified atom stereocenters. The summed E-state index contributed by atoms with van der Waals surface area (Å²) in [5, 5.41) is 3.53. The molecule has 1 N–H and O–H groups in total. The lowest BCUT2D eigenvalue weighted by molar-refractivity contribution is 0.391. The van der Waals surface area contributed by atoms with Crippen molar-refractivity contribution >= 4 is 21.6 Å². The molecule has 0 fully saturated rings. The third kappa shape index (κ3) is 5.67. The summed E-state index contributed by atoms with van der Waals surface area (Å²) in [6.07, 6.45) is 1.99. The summed E-state index contributed by atoms with van der Waals surface area (Å²) >= 11 is 0. The summed E-state index contributed by atoms with van der Waals surface area (Å²) in [7, 11) is -2.59. The van der Waals surface area contributed by atoms with E-state index in [9.17, 15) is 8.42 Å². The molecule has 0 radical (unpaired) electrons. The second-order valence-corrected chi connectivity index (χ2v) is 12.3. The molecule has 40 heavy (non-hydrogen) atoms. The fraction of sp³-hybridized carbons (Fsp3) is 0.219. The summed E-state index contributed by atoms with van der Waals surface area (Å²) in [4.78, 5) is 4.98. The van der Waals surface area contributed by atoms with Gasteiger partial charge in [-0.15, -0.1) is 0 Å². The third-order valence-electron chi connectivity index (χ3n) is 6.73. The Labute approximate surface area is 235 Å². The van der Waals surface area contributed by atoms with E-state index in [0.717, 1.165) is 33.7 Å². The summed E-state index contributed by atoms with van der Waals surface area (Å²) in [6, 6.07) is 26.1. The molecule has 0 saturated heterocycles. The molecule has 2 aromatic heterocycles. The van der Waals surface area contributed by atoms with Gasteiger partial charge < -0.3 is 14.2 Å². The first kappa shape index (κ1) is 27.3. The average molecular weight is 556 g/mol. The minimum absolute atomic E-state index is 0.0785. The zero-order valence-corrected chi connectivity index (χ0v) is 24.1. The van der Waals surface area contributed by atoms with Crippen LogP contribution in [-0.4, -0.2) is 24.9 Å². The van der Waals surface area contributed by atoms with Crippen LogP contribution in [0, 0.1) is 6.92 Å². The molecule has 5 rings (SSSR count). The number of aromatic nitrogens is 2. The SMILES string of the molecule is COc1cc(-c2nc3cc(C)ccn3c2NCc2ccccc2)ccc1OS(=O)(=O)c1ccc(C(C)(C)C)cc1. The molecular formula is C32H33N3O4S. The molecule has 0 aliphatic carbocycles. The Morgan fingerprint density at radius 1 is 0.900 bits per heavy atom. The Morgan fingerprint density at radius 3 is 2.30 bits per heavy atom. The zero-order valence-electron chi connectivity index (χ0n) is 23.3. The van der Waals surface area contributed by atoms with Crippen LogP contribution in [0.1, 0.15) is 37.5 Å². The van der Waals surface area contributed by atoms with Gasteiger partial charge in [0.2, 0.25) is 0 Å². The molecule has 0 bridgehead atoms. The van der Waals surface area contributed by atoms with E-state index in [1.54, 1.807) is 30.3 Å². The normalized spacial score (nSPS) is 11.9. The molecule has 5 aromatic rings. The predicted octanol–water partition coefficient (Wildman–Crippen LogP) is 7.00. The monoisotopic (exact) mass is 555 g/mol. The highest BCUT2D eigenvalue weighted by atomic mass is 32.2. The van der Waals surface area contributed by atoms with Crippen molar-refractivity contribution in [3.05, 3.63) is 108 Å². The summed E-state index contributed by atoms with van der Waals surface area (Å²) in [6.45, 7) is 8.86. The van der Waals surface area contributed by atoms with Crippen molar-refractivity contribution in [2.24, 2.45) is 0 Å². The number of rotatable bonds is 8. The van der Waals surface area contributed by atoms with Crippen LogP contribution < -0.4 is 14.2 Å². The number of nitrogens with one attached hydrogen (secondary N) is 1. The van der Waals surface area contributed by atoms with E-state index < -0.39 is 10.1 Å². The van der Waals surface area contributed by atoms with E-state index in [1.165, 1.54) is 7.11 Å². The van der Waals surface area contributed by atoms with Crippen LogP contribution >= 0.6 is 0 Å². The number of anilines is 1. The summed E-state index contributed by atoms with van der Waals surface area (Å²) in [5.74, 6) is 1.21. The third-order valence-corrected chi connectivity index (χ3v) is 7.98. The van der Waals surface area contributed by atoms with Crippen molar-refractivity contribution in [2.45, 2.75) is 44.6 Å². The van der Waals surface area contributed by atoms with Gasteiger partial charge in [-0.1, -0.05) is 63.2 Å². The van der Waals surface area contributed by atoms with Gasteiger partial charge in [-0.25, -0.2) is 4.98 Å². The van der Waals surface area contributed by atoms with Crippen molar-refractivity contribution in [1.82, 2.24) is 9.38 Å². The Morgan fingerprint density at radius 2 is 1.62 bits per heavy atom. The first-order valence-electron chi connectivity index (χ1n) is 13.0. The van der Waals surface area contributed by atoms with E-state index in [1.807, 2.05) is 60.0 Å². The van der Waals surface area contributed by atoms with Crippen LogP contribution in [0.5, 0.6) is 11.5 Å². The molecule has 7 nitrogen and oxygen atoms in total. The largest absolute Gasteiger partial charge is 0.493 e. The molecular weight excluding hydrogens is 522 g/mol.